The molecule has 0 spiro atoms. The molecule has 1 aromatic carbocycles. The van der Waals surface area contributed by atoms with Crippen molar-refractivity contribution in [1.29, 1.82) is 0 Å². The van der Waals surface area contributed by atoms with Gasteiger partial charge in [0.1, 0.15) is 4.60 Å². The molecule has 0 saturated heterocycles. The van der Waals surface area contributed by atoms with E-state index in [-0.39, 0.29) is 5.56 Å². The van der Waals surface area contributed by atoms with Crippen LogP contribution in [0.2, 0.25) is 0 Å². The molecule has 0 aliphatic rings. The van der Waals surface area contributed by atoms with Crippen molar-refractivity contribution in [1.82, 2.24) is 9.55 Å². The van der Waals surface area contributed by atoms with E-state index in [4.69, 9.17) is 0 Å². The molecule has 0 fully saturated rings. The molecule has 2 aromatic rings. The zero-order valence-corrected chi connectivity index (χ0v) is 9.52. The van der Waals surface area contributed by atoms with E-state index in [0.29, 0.717) is 11.1 Å². The number of aromatic nitrogens is 2. The van der Waals surface area contributed by atoms with Gasteiger partial charge in [0.05, 0.1) is 12.7 Å². The van der Waals surface area contributed by atoms with Gasteiger partial charge >= 0.3 is 0 Å². The summed E-state index contributed by atoms with van der Waals surface area (Å²) in [7, 11) is 0. The van der Waals surface area contributed by atoms with Crippen molar-refractivity contribution in [3.05, 3.63) is 63.2 Å². The van der Waals surface area contributed by atoms with Gasteiger partial charge in [-0.2, -0.15) is 0 Å². The Balaban J connectivity index is 2.32. The number of halogens is 1. The predicted molar refractivity (Wildman–Crippen MR) is 61.7 cm³/mol. The largest absolute Gasteiger partial charge is 0.307 e. The van der Waals surface area contributed by atoms with E-state index in [9.17, 15) is 4.79 Å². The lowest BCUT2D eigenvalue weighted by Crippen LogP contribution is -2.19. The second-order valence-electron chi connectivity index (χ2n) is 3.16. The maximum atomic E-state index is 11.5. The van der Waals surface area contributed by atoms with Crippen LogP contribution in [0.1, 0.15) is 5.56 Å². The van der Waals surface area contributed by atoms with Crippen LogP contribution in [0.25, 0.3) is 0 Å². The summed E-state index contributed by atoms with van der Waals surface area (Å²) in [5.41, 5.74) is 1.000. The third-order valence-electron chi connectivity index (χ3n) is 2.04. The quantitative estimate of drug-likeness (QED) is 0.833. The van der Waals surface area contributed by atoms with Crippen LogP contribution in [0.15, 0.2) is 52.1 Å². The molecule has 76 valence electrons. The lowest BCUT2D eigenvalue weighted by Gasteiger charge is -2.04. The van der Waals surface area contributed by atoms with Crippen molar-refractivity contribution in [2.45, 2.75) is 6.54 Å². The highest BCUT2D eigenvalue weighted by Crippen LogP contribution is 2.04. The molecule has 0 atom stereocenters. The number of hydrogen-bond acceptors (Lipinski definition) is 2. The van der Waals surface area contributed by atoms with Gasteiger partial charge in [0.15, 0.2) is 0 Å². The van der Waals surface area contributed by atoms with E-state index < -0.39 is 0 Å². The number of hydrogen-bond donors (Lipinski definition) is 0. The first kappa shape index (κ1) is 10.1. The second kappa shape index (κ2) is 4.40. The van der Waals surface area contributed by atoms with E-state index in [2.05, 4.69) is 20.9 Å². The molecule has 0 saturated carbocycles. The summed E-state index contributed by atoms with van der Waals surface area (Å²) in [5, 5.41) is 0. The van der Waals surface area contributed by atoms with Crippen molar-refractivity contribution >= 4 is 15.9 Å². The molecule has 2 rings (SSSR count). The van der Waals surface area contributed by atoms with Gasteiger partial charge in [0.2, 0.25) is 0 Å². The van der Waals surface area contributed by atoms with E-state index in [1.807, 2.05) is 30.3 Å². The molecule has 4 heteroatoms. The topological polar surface area (TPSA) is 34.9 Å². The third kappa shape index (κ3) is 2.53. The van der Waals surface area contributed by atoms with Crippen molar-refractivity contribution in [3.63, 3.8) is 0 Å². The number of nitrogens with zero attached hydrogens (tertiary/aromatic N) is 2. The number of rotatable bonds is 2. The Morgan fingerprint density at radius 2 is 2.00 bits per heavy atom. The molecule has 0 bridgehead atoms. The zero-order valence-electron chi connectivity index (χ0n) is 7.93. The van der Waals surface area contributed by atoms with Gasteiger partial charge in [-0.3, -0.25) is 4.79 Å². The Bertz CT molecular complexity index is 507. The Labute approximate surface area is 95.5 Å². The van der Waals surface area contributed by atoms with Crippen LogP contribution < -0.4 is 5.56 Å². The standard InChI is InChI=1S/C11H9BrN2O/c12-10-8-14(11(15)6-13-10)7-9-4-2-1-3-5-9/h1-6,8H,7H2. The van der Waals surface area contributed by atoms with Crippen LogP contribution >= 0.6 is 15.9 Å². The minimum absolute atomic E-state index is 0.0953. The Morgan fingerprint density at radius 3 is 2.73 bits per heavy atom. The summed E-state index contributed by atoms with van der Waals surface area (Å²) in [5.74, 6) is 0. The van der Waals surface area contributed by atoms with Crippen LogP contribution in [0.5, 0.6) is 0 Å². The van der Waals surface area contributed by atoms with Gasteiger partial charge in [-0.1, -0.05) is 30.3 Å². The first-order chi connectivity index (χ1) is 7.25. The second-order valence-corrected chi connectivity index (χ2v) is 3.97. The fourth-order valence-electron chi connectivity index (χ4n) is 1.32. The Morgan fingerprint density at radius 1 is 1.27 bits per heavy atom. The van der Waals surface area contributed by atoms with Crippen LogP contribution in [0.3, 0.4) is 0 Å². The molecule has 0 N–H and O–H groups in total. The highest BCUT2D eigenvalue weighted by Gasteiger charge is 1.98. The molecule has 0 unspecified atom stereocenters. The van der Waals surface area contributed by atoms with Crippen LogP contribution in [-0.4, -0.2) is 9.55 Å². The van der Waals surface area contributed by atoms with Gasteiger partial charge in [-0.05, 0) is 21.5 Å². The highest BCUT2D eigenvalue weighted by atomic mass is 79.9. The van der Waals surface area contributed by atoms with Crippen LogP contribution in [0, 0.1) is 0 Å². The summed E-state index contributed by atoms with van der Waals surface area (Å²) in [6, 6.07) is 9.84. The molecular weight excluding hydrogens is 256 g/mol. The van der Waals surface area contributed by atoms with Gasteiger partial charge in [0, 0.05) is 6.20 Å². The highest BCUT2D eigenvalue weighted by molar-refractivity contribution is 9.10. The fourth-order valence-corrected chi connectivity index (χ4v) is 1.67. The Hall–Kier alpha value is -1.42. The third-order valence-corrected chi connectivity index (χ3v) is 2.45. The van der Waals surface area contributed by atoms with Crippen LogP contribution in [-0.2, 0) is 6.54 Å². The lowest BCUT2D eigenvalue weighted by atomic mass is 10.2. The summed E-state index contributed by atoms with van der Waals surface area (Å²) in [4.78, 5) is 15.3. The molecular formula is C11H9BrN2O. The van der Waals surface area contributed by atoms with E-state index in [0.717, 1.165) is 5.56 Å². The number of benzene rings is 1. The minimum atomic E-state index is -0.0953. The summed E-state index contributed by atoms with van der Waals surface area (Å²) >= 11 is 3.24. The minimum Gasteiger partial charge on any atom is -0.307 e. The molecule has 0 aliphatic carbocycles. The van der Waals surface area contributed by atoms with Gasteiger partial charge in [-0.15, -0.1) is 0 Å². The maximum Gasteiger partial charge on any atom is 0.269 e. The first-order valence-corrected chi connectivity index (χ1v) is 5.31. The molecule has 0 amide bonds. The summed E-state index contributed by atoms with van der Waals surface area (Å²) < 4.78 is 2.28. The maximum absolute atomic E-state index is 11.5. The monoisotopic (exact) mass is 264 g/mol. The zero-order chi connectivity index (χ0) is 10.7. The smallest absolute Gasteiger partial charge is 0.269 e. The summed E-state index contributed by atoms with van der Waals surface area (Å²) in [6.45, 7) is 0.570. The Kier molecular flexibility index (Phi) is 2.97. The van der Waals surface area contributed by atoms with Gasteiger partial charge < -0.3 is 4.57 Å². The SMILES string of the molecule is O=c1cnc(Br)cn1Cc1ccccc1. The van der Waals surface area contributed by atoms with E-state index >= 15 is 0 Å². The predicted octanol–water partition coefficient (Wildman–Crippen LogP) is 2.05. The average Bonchev–Trinajstić information content (AvgIpc) is 2.25. The lowest BCUT2D eigenvalue weighted by molar-refractivity contribution is 0.743. The first-order valence-electron chi connectivity index (χ1n) is 4.51. The molecule has 1 heterocycles. The van der Waals surface area contributed by atoms with Crippen molar-refractivity contribution < 1.29 is 0 Å². The van der Waals surface area contributed by atoms with Gasteiger partial charge in [-0.25, -0.2) is 4.98 Å². The molecule has 0 aliphatic heterocycles. The van der Waals surface area contributed by atoms with Crippen molar-refractivity contribution in [2.75, 3.05) is 0 Å². The molecule has 15 heavy (non-hydrogen) atoms. The van der Waals surface area contributed by atoms with Crippen molar-refractivity contribution in [2.24, 2.45) is 0 Å². The average molecular weight is 265 g/mol. The fraction of sp³-hybridized carbons (Fsp3) is 0.0909. The van der Waals surface area contributed by atoms with E-state index in [1.54, 1.807) is 10.8 Å². The van der Waals surface area contributed by atoms with Crippen LogP contribution in [0.4, 0.5) is 0 Å². The molecule has 3 nitrogen and oxygen atoms in total. The van der Waals surface area contributed by atoms with Gasteiger partial charge in [0.25, 0.3) is 5.56 Å². The van der Waals surface area contributed by atoms with E-state index in [1.165, 1.54) is 6.20 Å². The molecule has 1 aromatic heterocycles. The normalized spacial score (nSPS) is 10.2. The van der Waals surface area contributed by atoms with Crippen molar-refractivity contribution in [3.8, 4) is 0 Å². The molecule has 0 radical (unpaired) electrons. The summed E-state index contributed by atoms with van der Waals surface area (Å²) in [6.07, 6.45) is 3.00.